The first-order chi connectivity index (χ1) is 30.2. The van der Waals surface area contributed by atoms with Gasteiger partial charge >= 0.3 is 23.9 Å². The molecule has 62 heavy (non-hydrogen) atoms. The van der Waals surface area contributed by atoms with Crippen molar-refractivity contribution in [1.82, 2.24) is 0 Å². The predicted molar refractivity (Wildman–Crippen MR) is 220 cm³/mol. The molecule has 1 N–H and O–H groups in total. The molecule has 5 aromatic rings. The summed E-state index contributed by atoms with van der Waals surface area (Å²) < 4.78 is 55.3. The van der Waals surface area contributed by atoms with Crippen LogP contribution in [0.5, 0.6) is 0 Å². The SMILES string of the molecule is CO[C@@H]1O[C@@H](C)[C@H](O[C@@H]2O[C@H](COC(=O)c3ccccc3)[C@H](OC(=O)c3ccccc3)[C@H](OC(=O)c3ccccc3)[C@H]2OC(=O)c2ccccc2)[C@@H](OCc2ccccc2)[C@H]1O. The lowest BCUT2D eigenvalue weighted by molar-refractivity contribution is -0.356. The Labute approximate surface area is 358 Å². The van der Waals surface area contributed by atoms with Gasteiger partial charge in [-0.2, -0.15) is 0 Å². The first-order valence-corrected chi connectivity index (χ1v) is 20.0. The Morgan fingerprint density at radius 1 is 0.516 bits per heavy atom. The molecule has 14 heteroatoms. The van der Waals surface area contributed by atoms with E-state index in [0.29, 0.717) is 0 Å². The van der Waals surface area contributed by atoms with E-state index in [2.05, 4.69) is 0 Å². The summed E-state index contributed by atoms with van der Waals surface area (Å²) >= 11 is 0. The number of ether oxygens (including phenoxy) is 9. The summed E-state index contributed by atoms with van der Waals surface area (Å²) in [5.74, 6) is -3.30. The summed E-state index contributed by atoms with van der Waals surface area (Å²) in [6.07, 6.45) is -13.7. The minimum absolute atomic E-state index is 0.0520. The van der Waals surface area contributed by atoms with Crippen LogP contribution in [0.4, 0.5) is 0 Å². The molecule has 0 aliphatic carbocycles. The van der Waals surface area contributed by atoms with Gasteiger partial charge in [-0.1, -0.05) is 103 Å². The standard InChI is InChI=1S/C48H46O14/c1-30-38(40(37(49)47(54-2)57-30)55-28-31-18-8-3-9-19-31)62-48-42(61-46(53)35-26-16-7-17-27-35)41(60-45(52)34-24-14-6-15-25-34)39(59-44(51)33-22-12-5-13-23-33)36(58-48)29-56-43(50)32-20-10-4-11-21-32/h3-27,30,36-42,47-49H,28-29H2,1-2H3/t30-,36+,37+,38-,39-,40-,41-,42+,47+,48-/m0/s1. The van der Waals surface area contributed by atoms with Crippen molar-refractivity contribution in [2.75, 3.05) is 13.7 Å². The van der Waals surface area contributed by atoms with E-state index in [1.165, 1.54) is 43.5 Å². The van der Waals surface area contributed by atoms with Crippen molar-refractivity contribution in [2.24, 2.45) is 0 Å². The Kier molecular flexibility index (Phi) is 14.8. The minimum atomic E-state index is -1.68. The fourth-order valence-corrected chi connectivity index (χ4v) is 7.12. The van der Waals surface area contributed by atoms with Gasteiger partial charge in [0, 0.05) is 7.11 Å². The molecule has 5 aromatic carbocycles. The van der Waals surface area contributed by atoms with E-state index in [4.69, 9.17) is 42.6 Å². The Morgan fingerprint density at radius 2 is 0.952 bits per heavy atom. The van der Waals surface area contributed by atoms with Crippen LogP contribution in [-0.4, -0.2) is 104 Å². The largest absolute Gasteiger partial charge is 0.459 e. The zero-order valence-electron chi connectivity index (χ0n) is 33.9. The van der Waals surface area contributed by atoms with Gasteiger partial charge in [-0.05, 0) is 61.0 Å². The highest BCUT2D eigenvalue weighted by Crippen LogP contribution is 2.35. The number of hydrogen-bond donors (Lipinski definition) is 1. The lowest BCUT2D eigenvalue weighted by Gasteiger charge is -2.48. The van der Waals surface area contributed by atoms with E-state index in [9.17, 15) is 24.3 Å². The Hall–Kier alpha value is -6.26. The molecule has 0 bridgehead atoms. The number of rotatable bonds is 15. The van der Waals surface area contributed by atoms with Crippen LogP contribution in [0.2, 0.25) is 0 Å². The molecular formula is C48H46O14. The van der Waals surface area contributed by atoms with Crippen molar-refractivity contribution >= 4 is 23.9 Å². The molecule has 2 saturated heterocycles. The molecule has 0 unspecified atom stereocenters. The van der Waals surface area contributed by atoms with Crippen molar-refractivity contribution in [3.05, 3.63) is 179 Å². The Bertz CT molecular complexity index is 2210. The first kappa shape index (κ1) is 43.8. The number of hydrogen-bond acceptors (Lipinski definition) is 14. The van der Waals surface area contributed by atoms with Gasteiger partial charge in [0.2, 0.25) is 0 Å². The topological polar surface area (TPSA) is 172 Å². The van der Waals surface area contributed by atoms with Crippen molar-refractivity contribution in [2.45, 2.75) is 74.9 Å². The molecule has 2 aliphatic heterocycles. The Balaban J connectivity index is 1.30. The molecule has 0 radical (unpaired) electrons. The van der Waals surface area contributed by atoms with Crippen molar-refractivity contribution in [3.8, 4) is 0 Å². The van der Waals surface area contributed by atoms with Crippen LogP contribution in [0.1, 0.15) is 53.9 Å². The lowest BCUT2D eigenvalue weighted by atomic mass is 9.96. The van der Waals surface area contributed by atoms with Crippen LogP contribution in [-0.2, 0) is 49.2 Å². The maximum Gasteiger partial charge on any atom is 0.338 e. The van der Waals surface area contributed by atoms with E-state index < -0.39 is 91.9 Å². The molecule has 14 nitrogen and oxygen atoms in total. The van der Waals surface area contributed by atoms with Crippen molar-refractivity contribution in [3.63, 3.8) is 0 Å². The fourth-order valence-electron chi connectivity index (χ4n) is 7.12. The number of benzene rings is 5. The third kappa shape index (κ3) is 10.8. The predicted octanol–water partition coefficient (Wildman–Crippen LogP) is 5.97. The smallest absolute Gasteiger partial charge is 0.338 e. The van der Waals surface area contributed by atoms with Gasteiger partial charge in [-0.3, -0.25) is 0 Å². The molecule has 0 amide bonds. The van der Waals surface area contributed by atoms with E-state index >= 15 is 0 Å². The number of aliphatic hydroxyl groups excluding tert-OH is 1. The van der Waals surface area contributed by atoms with Crippen molar-refractivity contribution in [1.29, 1.82) is 0 Å². The van der Waals surface area contributed by atoms with Gasteiger partial charge in [0.25, 0.3) is 0 Å². The molecule has 0 spiro atoms. The monoisotopic (exact) mass is 846 g/mol. The zero-order chi connectivity index (χ0) is 43.4. The summed E-state index contributed by atoms with van der Waals surface area (Å²) in [6, 6.07) is 41.6. The quantitative estimate of drug-likeness (QED) is 0.0966. The lowest BCUT2D eigenvalue weighted by Crippen LogP contribution is -2.66. The van der Waals surface area contributed by atoms with Crippen LogP contribution in [0, 0.1) is 0 Å². The summed E-state index contributed by atoms with van der Waals surface area (Å²) in [6.45, 7) is 1.17. The first-order valence-electron chi connectivity index (χ1n) is 20.0. The Morgan fingerprint density at radius 3 is 1.44 bits per heavy atom. The average molecular weight is 847 g/mol. The molecule has 322 valence electrons. The molecule has 7 rings (SSSR count). The second-order valence-electron chi connectivity index (χ2n) is 14.5. The van der Waals surface area contributed by atoms with E-state index in [-0.39, 0.29) is 28.9 Å². The highest BCUT2D eigenvalue weighted by atomic mass is 16.8. The zero-order valence-corrected chi connectivity index (χ0v) is 33.9. The van der Waals surface area contributed by atoms with Gasteiger partial charge < -0.3 is 47.7 Å². The summed E-state index contributed by atoms with van der Waals surface area (Å²) in [5.41, 5.74) is 1.43. The normalized spacial score (nSPS) is 25.8. The van der Waals surface area contributed by atoms with Crippen LogP contribution in [0.3, 0.4) is 0 Å². The number of carbonyl (C=O) groups is 4. The maximum atomic E-state index is 14.0. The van der Waals surface area contributed by atoms with E-state index in [1.807, 2.05) is 30.3 Å². The summed E-state index contributed by atoms with van der Waals surface area (Å²) in [4.78, 5) is 55.3. The minimum Gasteiger partial charge on any atom is -0.459 e. The van der Waals surface area contributed by atoms with Gasteiger partial charge in [0.05, 0.1) is 35.0 Å². The van der Waals surface area contributed by atoms with Crippen LogP contribution < -0.4 is 0 Å². The second kappa shape index (κ2) is 21.0. The fraction of sp³-hybridized carbons (Fsp3) is 0.292. The van der Waals surface area contributed by atoms with Gasteiger partial charge in [0.15, 0.2) is 30.9 Å². The van der Waals surface area contributed by atoms with Crippen LogP contribution in [0.15, 0.2) is 152 Å². The number of carbonyl (C=O) groups excluding carboxylic acids is 4. The highest BCUT2D eigenvalue weighted by molar-refractivity contribution is 5.91. The molecule has 2 heterocycles. The average Bonchev–Trinajstić information content (AvgIpc) is 3.32. The second-order valence-corrected chi connectivity index (χ2v) is 14.5. The van der Waals surface area contributed by atoms with Crippen LogP contribution in [0.25, 0.3) is 0 Å². The van der Waals surface area contributed by atoms with Crippen molar-refractivity contribution < 1.29 is 66.9 Å². The van der Waals surface area contributed by atoms with Gasteiger partial charge in [0.1, 0.15) is 31.0 Å². The molecule has 0 saturated carbocycles. The number of methoxy groups -OCH3 is 1. The number of esters is 4. The molecule has 2 fully saturated rings. The number of aliphatic hydroxyl groups is 1. The maximum absolute atomic E-state index is 14.0. The van der Waals surface area contributed by atoms with Crippen LogP contribution >= 0.6 is 0 Å². The molecule has 0 aromatic heterocycles. The third-order valence-corrected chi connectivity index (χ3v) is 10.3. The van der Waals surface area contributed by atoms with E-state index in [1.54, 1.807) is 91.9 Å². The van der Waals surface area contributed by atoms with Gasteiger partial charge in [-0.15, -0.1) is 0 Å². The molecular weight excluding hydrogens is 801 g/mol. The van der Waals surface area contributed by atoms with E-state index in [0.717, 1.165) is 5.56 Å². The highest BCUT2D eigenvalue weighted by Gasteiger charge is 2.56. The molecule has 2 aliphatic rings. The summed E-state index contributed by atoms with van der Waals surface area (Å²) in [7, 11) is 1.38. The molecule has 10 atom stereocenters. The summed E-state index contributed by atoms with van der Waals surface area (Å²) in [5, 5.41) is 11.6. The third-order valence-electron chi connectivity index (χ3n) is 10.3. The van der Waals surface area contributed by atoms with Gasteiger partial charge in [-0.25, -0.2) is 19.2 Å².